The first-order chi connectivity index (χ1) is 27.3. The summed E-state index contributed by atoms with van der Waals surface area (Å²) < 4.78 is 6.77. The third-order valence-corrected chi connectivity index (χ3v) is 11.5. The number of furan rings is 1. The molecule has 0 bridgehead atoms. The minimum Gasteiger partial charge on any atom is -0.456 e. The zero-order chi connectivity index (χ0) is 36.3. The topological polar surface area (TPSA) is 16.4 Å². The Morgan fingerprint density at radius 1 is 0.364 bits per heavy atom. The first kappa shape index (κ1) is 31.4. The summed E-state index contributed by atoms with van der Waals surface area (Å²) in [5.41, 5.74) is 14.6. The molecule has 9 aromatic carbocycles. The molecule has 55 heavy (non-hydrogen) atoms. The van der Waals surface area contributed by atoms with Crippen LogP contribution < -0.4 is 4.90 Å². The summed E-state index contributed by atoms with van der Waals surface area (Å²) in [7, 11) is 0. The van der Waals surface area contributed by atoms with Gasteiger partial charge in [0.1, 0.15) is 11.2 Å². The molecule has 1 aliphatic carbocycles. The molecule has 258 valence electrons. The number of fused-ring (bicyclic) bond motifs is 8. The Kier molecular flexibility index (Phi) is 7.11. The van der Waals surface area contributed by atoms with E-state index in [1.807, 2.05) is 0 Å². The smallest absolute Gasteiger partial charge is 0.137 e. The number of anilines is 3. The zero-order valence-corrected chi connectivity index (χ0v) is 30.1. The minimum absolute atomic E-state index is 0.458. The van der Waals surface area contributed by atoms with Crippen LogP contribution in [-0.2, 0) is 5.41 Å². The zero-order valence-electron chi connectivity index (χ0n) is 30.1. The van der Waals surface area contributed by atoms with E-state index in [0.717, 1.165) is 39.0 Å². The fourth-order valence-electron chi connectivity index (χ4n) is 9.28. The molecular weight excluding hydrogens is 667 g/mol. The van der Waals surface area contributed by atoms with Gasteiger partial charge in [-0.3, -0.25) is 0 Å². The van der Waals surface area contributed by atoms with E-state index in [1.54, 1.807) is 0 Å². The molecule has 2 nitrogen and oxygen atoms in total. The largest absolute Gasteiger partial charge is 0.456 e. The van der Waals surface area contributed by atoms with Gasteiger partial charge in [0.2, 0.25) is 0 Å². The van der Waals surface area contributed by atoms with Crippen LogP contribution in [0.3, 0.4) is 0 Å². The second kappa shape index (κ2) is 12.5. The SMILES string of the molecule is c1ccc(-c2cc3oc4cccc(N(c5ccccc5)c5ccc(C6(c7ccccc7)c7ccccc7-c7ccccc76)cc5)c4c3c3ccccc23)cc1. The average Bonchev–Trinajstić information content (AvgIpc) is 3.80. The first-order valence-electron chi connectivity index (χ1n) is 18.9. The van der Waals surface area contributed by atoms with Crippen molar-refractivity contribution in [2.45, 2.75) is 5.41 Å². The fraction of sp³-hybridized carbons (Fsp3) is 0.0189. The summed E-state index contributed by atoms with van der Waals surface area (Å²) in [6.45, 7) is 0. The van der Waals surface area contributed by atoms with Gasteiger partial charge in [0.15, 0.2) is 0 Å². The molecule has 2 heteroatoms. The van der Waals surface area contributed by atoms with Gasteiger partial charge in [-0.15, -0.1) is 0 Å². The fourth-order valence-corrected chi connectivity index (χ4v) is 9.28. The number of rotatable bonds is 6. The lowest BCUT2D eigenvalue weighted by molar-refractivity contribution is 0.669. The standard InChI is InChI=1S/C53H35NO/c1-4-17-36(18-5-1)45-35-50-51(44-26-11-10-23-41(44)45)52-48(29-16-30-49(52)55-50)54(39-21-8-3-9-22-39)40-33-31-38(32-34-40)53(37-19-6-2-7-20-37)46-27-14-12-24-42(46)43-25-13-15-28-47(43)53/h1-35H. The van der Waals surface area contributed by atoms with Gasteiger partial charge in [-0.25, -0.2) is 0 Å². The predicted octanol–water partition coefficient (Wildman–Crippen LogP) is 14.2. The third kappa shape index (κ3) is 4.68. The molecule has 0 atom stereocenters. The van der Waals surface area contributed by atoms with Gasteiger partial charge in [-0.1, -0.05) is 170 Å². The molecule has 1 heterocycles. The van der Waals surface area contributed by atoms with E-state index >= 15 is 0 Å². The van der Waals surface area contributed by atoms with E-state index < -0.39 is 5.41 Å². The Labute approximate surface area is 320 Å². The summed E-state index contributed by atoms with van der Waals surface area (Å²) in [6.07, 6.45) is 0. The summed E-state index contributed by atoms with van der Waals surface area (Å²) in [4.78, 5) is 2.38. The van der Waals surface area contributed by atoms with Crippen molar-refractivity contribution in [3.8, 4) is 22.3 Å². The van der Waals surface area contributed by atoms with E-state index in [4.69, 9.17) is 4.42 Å². The Bertz CT molecular complexity index is 2970. The lowest BCUT2D eigenvalue weighted by atomic mass is 9.68. The molecule has 0 amide bonds. The van der Waals surface area contributed by atoms with Crippen molar-refractivity contribution in [3.63, 3.8) is 0 Å². The van der Waals surface area contributed by atoms with Gasteiger partial charge < -0.3 is 9.32 Å². The summed E-state index contributed by atoms with van der Waals surface area (Å²) in [5, 5.41) is 4.61. The second-order valence-electron chi connectivity index (χ2n) is 14.4. The van der Waals surface area contributed by atoms with Gasteiger partial charge >= 0.3 is 0 Å². The summed E-state index contributed by atoms with van der Waals surface area (Å²) in [6, 6.07) is 76.8. The number of benzene rings is 9. The molecular formula is C53H35NO. The van der Waals surface area contributed by atoms with Gasteiger partial charge in [0.05, 0.1) is 16.5 Å². The quantitative estimate of drug-likeness (QED) is 0.172. The second-order valence-corrected chi connectivity index (χ2v) is 14.4. The highest BCUT2D eigenvalue weighted by Gasteiger charge is 2.45. The Morgan fingerprint density at radius 3 is 1.60 bits per heavy atom. The molecule has 10 aromatic rings. The highest BCUT2D eigenvalue weighted by Crippen LogP contribution is 2.56. The summed E-state index contributed by atoms with van der Waals surface area (Å²) in [5.74, 6) is 0. The summed E-state index contributed by atoms with van der Waals surface area (Å²) >= 11 is 0. The molecule has 0 radical (unpaired) electrons. The van der Waals surface area contributed by atoms with Crippen LogP contribution >= 0.6 is 0 Å². The maximum absolute atomic E-state index is 6.77. The molecule has 1 aliphatic rings. The van der Waals surface area contributed by atoms with Crippen molar-refractivity contribution in [2.24, 2.45) is 0 Å². The predicted molar refractivity (Wildman–Crippen MR) is 229 cm³/mol. The van der Waals surface area contributed by atoms with E-state index in [2.05, 4.69) is 217 Å². The molecule has 0 unspecified atom stereocenters. The molecule has 11 rings (SSSR count). The van der Waals surface area contributed by atoms with Crippen molar-refractivity contribution in [2.75, 3.05) is 4.90 Å². The van der Waals surface area contributed by atoms with Crippen LogP contribution in [0.4, 0.5) is 17.1 Å². The highest BCUT2D eigenvalue weighted by molar-refractivity contribution is 6.25. The van der Waals surface area contributed by atoms with E-state index in [9.17, 15) is 0 Å². The van der Waals surface area contributed by atoms with Gasteiger partial charge in [-0.05, 0) is 97.7 Å². The normalized spacial score (nSPS) is 12.9. The Hall–Kier alpha value is -7.16. The number of hydrogen-bond acceptors (Lipinski definition) is 2. The Balaban J connectivity index is 1.14. The van der Waals surface area contributed by atoms with Gasteiger partial charge in [0.25, 0.3) is 0 Å². The third-order valence-electron chi connectivity index (χ3n) is 11.5. The van der Waals surface area contributed by atoms with Crippen LogP contribution in [0.15, 0.2) is 217 Å². The molecule has 0 fully saturated rings. The molecule has 0 N–H and O–H groups in total. The van der Waals surface area contributed by atoms with Crippen LogP contribution in [0.5, 0.6) is 0 Å². The average molecular weight is 702 g/mol. The van der Waals surface area contributed by atoms with Crippen LogP contribution in [0, 0.1) is 0 Å². The van der Waals surface area contributed by atoms with E-state index in [0.29, 0.717) is 0 Å². The van der Waals surface area contributed by atoms with Crippen LogP contribution in [0.2, 0.25) is 0 Å². The van der Waals surface area contributed by atoms with Crippen molar-refractivity contribution >= 4 is 49.8 Å². The van der Waals surface area contributed by atoms with E-state index in [1.165, 1.54) is 55.3 Å². The van der Waals surface area contributed by atoms with Crippen LogP contribution in [0.25, 0.3) is 55.0 Å². The first-order valence-corrected chi connectivity index (χ1v) is 18.9. The Morgan fingerprint density at radius 2 is 0.909 bits per heavy atom. The number of para-hydroxylation sites is 1. The van der Waals surface area contributed by atoms with Crippen LogP contribution in [-0.4, -0.2) is 0 Å². The minimum atomic E-state index is -0.458. The highest BCUT2D eigenvalue weighted by atomic mass is 16.3. The maximum atomic E-state index is 6.77. The van der Waals surface area contributed by atoms with Gasteiger partial charge in [-0.2, -0.15) is 0 Å². The van der Waals surface area contributed by atoms with Gasteiger partial charge in [0, 0.05) is 16.8 Å². The number of hydrogen-bond donors (Lipinski definition) is 0. The van der Waals surface area contributed by atoms with Crippen molar-refractivity contribution in [1.82, 2.24) is 0 Å². The molecule has 0 spiro atoms. The lowest BCUT2D eigenvalue weighted by Crippen LogP contribution is -2.28. The molecule has 0 aliphatic heterocycles. The molecule has 0 saturated carbocycles. The van der Waals surface area contributed by atoms with E-state index in [-0.39, 0.29) is 0 Å². The number of nitrogens with zero attached hydrogens (tertiary/aromatic N) is 1. The van der Waals surface area contributed by atoms with Crippen molar-refractivity contribution < 1.29 is 4.42 Å². The lowest BCUT2D eigenvalue weighted by Gasteiger charge is -2.34. The molecule has 1 aromatic heterocycles. The molecule has 0 saturated heterocycles. The van der Waals surface area contributed by atoms with Crippen molar-refractivity contribution in [1.29, 1.82) is 0 Å². The monoisotopic (exact) mass is 701 g/mol. The van der Waals surface area contributed by atoms with Crippen molar-refractivity contribution in [3.05, 3.63) is 235 Å². The van der Waals surface area contributed by atoms with Crippen LogP contribution in [0.1, 0.15) is 22.3 Å². The maximum Gasteiger partial charge on any atom is 0.137 e.